The molecule has 28 heavy (non-hydrogen) atoms. The first-order valence-corrected chi connectivity index (χ1v) is 9.38. The molecule has 0 saturated heterocycles. The first-order valence-electron chi connectivity index (χ1n) is 9.00. The molecule has 5 nitrogen and oxygen atoms in total. The van der Waals surface area contributed by atoms with E-state index >= 15 is 0 Å². The number of anilines is 1. The molecule has 1 aromatic heterocycles. The smallest absolute Gasteiger partial charge is 0.251 e. The van der Waals surface area contributed by atoms with Crippen molar-refractivity contribution in [3.05, 3.63) is 88.6 Å². The largest absolute Gasteiger partial charge is 0.496 e. The lowest BCUT2D eigenvalue weighted by Gasteiger charge is -2.11. The lowest BCUT2D eigenvalue weighted by atomic mass is 10.1. The molecule has 3 rings (SSSR count). The summed E-state index contributed by atoms with van der Waals surface area (Å²) in [6.45, 7) is 1.10. The molecule has 0 unspecified atom stereocenters. The Kier molecular flexibility index (Phi) is 6.87. The zero-order valence-electron chi connectivity index (χ0n) is 15.6. The van der Waals surface area contributed by atoms with Gasteiger partial charge in [0.25, 0.3) is 5.91 Å². The number of halogens is 1. The number of nitrogens with one attached hydrogen (secondary N) is 2. The predicted molar refractivity (Wildman–Crippen MR) is 112 cm³/mol. The third-order valence-electron chi connectivity index (χ3n) is 4.29. The van der Waals surface area contributed by atoms with Gasteiger partial charge in [0.15, 0.2) is 0 Å². The van der Waals surface area contributed by atoms with Gasteiger partial charge in [0.2, 0.25) is 0 Å². The summed E-state index contributed by atoms with van der Waals surface area (Å²) in [7, 11) is 1.64. The Bertz CT molecular complexity index is 929. The summed E-state index contributed by atoms with van der Waals surface area (Å²) in [6, 6.07) is 18.8. The first-order chi connectivity index (χ1) is 13.7. The van der Waals surface area contributed by atoms with E-state index in [-0.39, 0.29) is 5.91 Å². The van der Waals surface area contributed by atoms with Crippen LogP contribution in [0, 0.1) is 0 Å². The summed E-state index contributed by atoms with van der Waals surface area (Å²) in [5.74, 6) is 1.32. The van der Waals surface area contributed by atoms with Crippen molar-refractivity contribution in [1.82, 2.24) is 10.3 Å². The van der Waals surface area contributed by atoms with Gasteiger partial charge >= 0.3 is 0 Å². The van der Waals surface area contributed by atoms with E-state index < -0.39 is 0 Å². The SMILES string of the molecule is COc1ccccc1CNc1cc(C(=O)NCCc2ccc(Cl)cc2)ccn1. The van der Waals surface area contributed by atoms with Crippen LogP contribution < -0.4 is 15.4 Å². The number of pyridine rings is 1. The summed E-state index contributed by atoms with van der Waals surface area (Å²) in [5, 5.41) is 6.87. The van der Waals surface area contributed by atoms with Crippen LogP contribution in [-0.4, -0.2) is 24.5 Å². The van der Waals surface area contributed by atoms with Gasteiger partial charge in [0, 0.05) is 35.4 Å². The molecule has 3 aromatic rings. The number of hydrogen-bond donors (Lipinski definition) is 2. The number of amides is 1. The Balaban J connectivity index is 1.54. The van der Waals surface area contributed by atoms with E-state index in [1.54, 1.807) is 25.4 Å². The molecule has 0 aliphatic rings. The molecule has 0 aliphatic carbocycles. The minimum Gasteiger partial charge on any atom is -0.496 e. The highest BCUT2D eigenvalue weighted by Crippen LogP contribution is 2.18. The Morgan fingerprint density at radius 2 is 1.89 bits per heavy atom. The number of para-hydroxylation sites is 1. The number of ether oxygens (including phenoxy) is 1. The molecule has 144 valence electrons. The molecule has 0 fully saturated rings. The Morgan fingerprint density at radius 3 is 2.68 bits per heavy atom. The van der Waals surface area contributed by atoms with Crippen molar-refractivity contribution < 1.29 is 9.53 Å². The van der Waals surface area contributed by atoms with E-state index in [2.05, 4.69) is 15.6 Å². The second kappa shape index (κ2) is 9.76. The van der Waals surface area contributed by atoms with E-state index in [0.29, 0.717) is 29.5 Å². The number of benzene rings is 2. The van der Waals surface area contributed by atoms with Gasteiger partial charge < -0.3 is 15.4 Å². The van der Waals surface area contributed by atoms with E-state index in [9.17, 15) is 4.79 Å². The molecule has 1 amide bonds. The van der Waals surface area contributed by atoms with Crippen molar-refractivity contribution in [2.24, 2.45) is 0 Å². The molecular formula is C22H22ClN3O2. The lowest BCUT2D eigenvalue weighted by Crippen LogP contribution is -2.25. The monoisotopic (exact) mass is 395 g/mol. The molecule has 2 N–H and O–H groups in total. The second-order valence-electron chi connectivity index (χ2n) is 6.23. The second-order valence-corrected chi connectivity index (χ2v) is 6.66. The molecule has 0 spiro atoms. The van der Waals surface area contributed by atoms with Crippen LogP contribution in [0.2, 0.25) is 5.02 Å². The van der Waals surface area contributed by atoms with Crippen LogP contribution in [0.3, 0.4) is 0 Å². The number of nitrogens with zero attached hydrogens (tertiary/aromatic N) is 1. The average Bonchev–Trinajstić information content (AvgIpc) is 2.74. The molecule has 0 bridgehead atoms. The Labute approximate surface area is 169 Å². The average molecular weight is 396 g/mol. The van der Waals surface area contributed by atoms with E-state index in [4.69, 9.17) is 16.3 Å². The summed E-state index contributed by atoms with van der Waals surface area (Å²) < 4.78 is 5.35. The van der Waals surface area contributed by atoms with Gasteiger partial charge in [0.05, 0.1) is 7.11 Å². The number of carbonyl (C=O) groups excluding carboxylic acids is 1. The molecular weight excluding hydrogens is 374 g/mol. The molecule has 0 atom stereocenters. The van der Waals surface area contributed by atoms with Gasteiger partial charge in [-0.3, -0.25) is 4.79 Å². The standard InChI is InChI=1S/C22H22ClN3O2/c1-28-20-5-3-2-4-18(20)15-26-21-14-17(11-13-24-21)22(27)25-12-10-16-6-8-19(23)9-7-16/h2-9,11,13-14H,10,12,15H2,1H3,(H,24,26)(H,25,27). The summed E-state index contributed by atoms with van der Waals surface area (Å²) >= 11 is 5.88. The summed E-state index contributed by atoms with van der Waals surface area (Å²) in [6.07, 6.45) is 2.37. The minimum atomic E-state index is -0.128. The van der Waals surface area contributed by atoms with Crippen LogP contribution in [0.1, 0.15) is 21.5 Å². The van der Waals surface area contributed by atoms with Crippen LogP contribution in [0.15, 0.2) is 66.9 Å². The highest BCUT2D eigenvalue weighted by molar-refractivity contribution is 6.30. The van der Waals surface area contributed by atoms with Crippen LogP contribution in [0.5, 0.6) is 5.75 Å². The highest BCUT2D eigenvalue weighted by atomic mass is 35.5. The van der Waals surface area contributed by atoms with Crippen molar-refractivity contribution >= 4 is 23.3 Å². The number of rotatable bonds is 8. The van der Waals surface area contributed by atoms with Crippen LogP contribution in [0.4, 0.5) is 5.82 Å². The summed E-state index contributed by atoms with van der Waals surface area (Å²) in [4.78, 5) is 16.7. The maximum Gasteiger partial charge on any atom is 0.251 e. The van der Waals surface area contributed by atoms with Gasteiger partial charge in [-0.15, -0.1) is 0 Å². The fourth-order valence-electron chi connectivity index (χ4n) is 2.78. The van der Waals surface area contributed by atoms with Crippen molar-refractivity contribution in [3.8, 4) is 5.75 Å². The van der Waals surface area contributed by atoms with Crippen LogP contribution in [-0.2, 0) is 13.0 Å². The van der Waals surface area contributed by atoms with Gasteiger partial charge in [-0.25, -0.2) is 4.98 Å². The molecule has 0 saturated carbocycles. The molecule has 2 aromatic carbocycles. The first kappa shape index (κ1) is 19.7. The Hall–Kier alpha value is -3.05. The van der Waals surface area contributed by atoms with Gasteiger partial charge in [-0.05, 0) is 42.3 Å². The van der Waals surface area contributed by atoms with Gasteiger partial charge in [0.1, 0.15) is 11.6 Å². The zero-order valence-corrected chi connectivity index (χ0v) is 16.4. The highest BCUT2D eigenvalue weighted by Gasteiger charge is 2.08. The van der Waals surface area contributed by atoms with Crippen LogP contribution >= 0.6 is 11.6 Å². The topological polar surface area (TPSA) is 63.2 Å². The minimum absolute atomic E-state index is 0.128. The molecule has 1 heterocycles. The number of hydrogen-bond acceptors (Lipinski definition) is 4. The number of carbonyl (C=O) groups is 1. The zero-order chi connectivity index (χ0) is 19.8. The van der Waals surface area contributed by atoms with E-state index in [0.717, 1.165) is 23.3 Å². The predicted octanol–water partition coefficient (Wildman–Crippen LogP) is 4.33. The molecule has 0 radical (unpaired) electrons. The number of methoxy groups -OCH3 is 1. The molecule has 6 heteroatoms. The van der Waals surface area contributed by atoms with Crippen molar-refractivity contribution in [2.45, 2.75) is 13.0 Å². The maximum atomic E-state index is 12.4. The number of aromatic nitrogens is 1. The third-order valence-corrected chi connectivity index (χ3v) is 4.54. The lowest BCUT2D eigenvalue weighted by molar-refractivity contribution is 0.0954. The van der Waals surface area contributed by atoms with E-state index in [1.165, 1.54) is 0 Å². The Morgan fingerprint density at radius 1 is 1.11 bits per heavy atom. The van der Waals surface area contributed by atoms with Gasteiger partial charge in [-0.1, -0.05) is 41.9 Å². The molecule has 0 aliphatic heterocycles. The fraction of sp³-hybridized carbons (Fsp3) is 0.182. The van der Waals surface area contributed by atoms with Crippen molar-refractivity contribution in [3.63, 3.8) is 0 Å². The quantitative estimate of drug-likeness (QED) is 0.596. The van der Waals surface area contributed by atoms with E-state index in [1.807, 2.05) is 48.5 Å². The van der Waals surface area contributed by atoms with Crippen LogP contribution in [0.25, 0.3) is 0 Å². The normalized spacial score (nSPS) is 10.4. The van der Waals surface area contributed by atoms with Crippen molar-refractivity contribution in [1.29, 1.82) is 0 Å². The van der Waals surface area contributed by atoms with Crippen molar-refractivity contribution in [2.75, 3.05) is 19.0 Å². The fourth-order valence-corrected chi connectivity index (χ4v) is 2.90. The van der Waals surface area contributed by atoms with Gasteiger partial charge in [-0.2, -0.15) is 0 Å². The third kappa shape index (κ3) is 5.47. The summed E-state index contributed by atoms with van der Waals surface area (Å²) in [5.41, 5.74) is 2.71. The maximum absolute atomic E-state index is 12.4.